The summed E-state index contributed by atoms with van der Waals surface area (Å²) in [4.78, 5) is 0. The molecule has 0 bridgehead atoms. The van der Waals surface area contributed by atoms with E-state index < -0.39 is 5.82 Å². The smallest absolute Gasteiger partial charge is 0.148 e. The first-order valence-electron chi connectivity index (χ1n) is 3.99. The highest BCUT2D eigenvalue weighted by atomic mass is 19.1. The van der Waals surface area contributed by atoms with Crippen LogP contribution in [0.5, 0.6) is 0 Å². The number of hydrogen-bond donors (Lipinski definition) is 2. The van der Waals surface area contributed by atoms with Gasteiger partial charge in [-0.2, -0.15) is 0 Å². The van der Waals surface area contributed by atoms with E-state index in [9.17, 15) is 4.39 Å². The Kier molecular flexibility index (Phi) is 2.56. The third kappa shape index (κ3) is 2.21. The number of aryl methyl sites for hydroxylation is 1. The second-order valence-electron chi connectivity index (χ2n) is 3.11. The standard InChI is InChI=1S/C10H13FN2/c1-6(2)13-9-5-7(3)4-8(11)10(9)12/h4-5,13H,1,12H2,2-3H3. The van der Waals surface area contributed by atoms with Crippen LogP contribution in [0.1, 0.15) is 12.5 Å². The summed E-state index contributed by atoms with van der Waals surface area (Å²) < 4.78 is 13.1. The Morgan fingerprint density at radius 1 is 1.54 bits per heavy atom. The molecule has 13 heavy (non-hydrogen) atoms. The van der Waals surface area contributed by atoms with Crippen LogP contribution in [0.4, 0.5) is 15.8 Å². The molecule has 0 spiro atoms. The lowest BCUT2D eigenvalue weighted by Crippen LogP contribution is -2.01. The van der Waals surface area contributed by atoms with Gasteiger partial charge in [0.1, 0.15) is 5.82 Å². The molecule has 1 rings (SSSR count). The topological polar surface area (TPSA) is 38.0 Å². The number of nitrogens with two attached hydrogens (primary N) is 1. The van der Waals surface area contributed by atoms with Crippen molar-refractivity contribution in [3.05, 3.63) is 35.8 Å². The average molecular weight is 180 g/mol. The third-order valence-corrected chi connectivity index (χ3v) is 1.62. The predicted octanol–water partition coefficient (Wildman–Crippen LogP) is 2.66. The van der Waals surface area contributed by atoms with Crippen molar-refractivity contribution in [1.29, 1.82) is 0 Å². The number of nitrogen functional groups attached to an aromatic ring is 1. The minimum absolute atomic E-state index is 0.133. The molecule has 0 unspecified atom stereocenters. The van der Waals surface area contributed by atoms with Gasteiger partial charge in [-0.05, 0) is 31.5 Å². The molecule has 3 N–H and O–H groups in total. The quantitative estimate of drug-likeness (QED) is 0.686. The van der Waals surface area contributed by atoms with Crippen molar-refractivity contribution in [2.24, 2.45) is 0 Å². The van der Waals surface area contributed by atoms with Gasteiger partial charge in [0, 0.05) is 5.70 Å². The minimum atomic E-state index is -0.399. The molecule has 1 aromatic carbocycles. The largest absolute Gasteiger partial charge is 0.395 e. The van der Waals surface area contributed by atoms with E-state index in [1.165, 1.54) is 6.07 Å². The molecule has 0 heterocycles. The molecule has 3 heteroatoms. The van der Waals surface area contributed by atoms with E-state index in [1.54, 1.807) is 13.0 Å². The summed E-state index contributed by atoms with van der Waals surface area (Å²) in [6.07, 6.45) is 0. The number of halogens is 1. The van der Waals surface area contributed by atoms with Gasteiger partial charge in [0.05, 0.1) is 11.4 Å². The van der Waals surface area contributed by atoms with Gasteiger partial charge in [-0.3, -0.25) is 0 Å². The molecule has 0 radical (unpaired) electrons. The minimum Gasteiger partial charge on any atom is -0.395 e. The summed E-state index contributed by atoms with van der Waals surface area (Å²) in [6.45, 7) is 7.26. The third-order valence-electron chi connectivity index (χ3n) is 1.62. The first kappa shape index (κ1) is 9.58. The zero-order valence-electron chi connectivity index (χ0n) is 7.82. The maximum absolute atomic E-state index is 13.1. The number of anilines is 2. The van der Waals surface area contributed by atoms with Gasteiger partial charge >= 0.3 is 0 Å². The molecule has 0 aliphatic carbocycles. The van der Waals surface area contributed by atoms with E-state index in [1.807, 2.05) is 6.92 Å². The van der Waals surface area contributed by atoms with Crippen molar-refractivity contribution in [3.63, 3.8) is 0 Å². The summed E-state index contributed by atoms with van der Waals surface area (Å²) >= 11 is 0. The van der Waals surface area contributed by atoms with Gasteiger partial charge in [0.15, 0.2) is 0 Å². The van der Waals surface area contributed by atoms with Gasteiger partial charge < -0.3 is 11.1 Å². The average Bonchev–Trinajstić information content (AvgIpc) is 1.98. The maximum Gasteiger partial charge on any atom is 0.148 e. The maximum atomic E-state index is 13.1. The molecule has 0 aliphatic rings. The van der Waals surface area contributed by atoms with Crippen molar-refractivity contribution in [3.8, 4) is 0 Å². The van der Waals surface area contributed by atoms with Gasteiger partial charge in [0.25, 0.3) is 0 Å². The highest BCUT2D eigenvalue weighted by Crippen LogP contribution is 2.24. The monoisotopic (exact) mass is 180 g/mol. The fraction of sp³-hybridized carbons (Fsp3) is 0.200. The van der Waals surface area contributed by atoms with E-state index in [-0.39, 0.29) is 5.69 Å². The number of hydrogen-bond acceptors (Lipinski definition) is 2. The highest BCUT2D eigenvalue weighted by Gasteiger charge is 2.05. The van der Waals surface area contributed by atoms with Crippen LogP contribution < -0.4 is 11.1 Å². The number of allylic oxidation sites excluding steroid dienone is 1. The van der Waals surface area contributed by atoms with Crippen molar-refractivity contribution in [1.82, 2.24) is 0 Å². The molecule has 1 aromatic rings. The Labute approximate surface area is 77.3 Å². The molecule has 70 valence electrons. The highest BCUT2D eigenvalue weighted by molar-refractivity contribution is 5.69. The van der Waals surface area contributed by atoms with Crippen molar-refractivity contribution in [2.75, 3.05) is 11.1 Å². The van der Waals surface area contributed by atoms with Crippen LogP contribution >= 0.6 is 0 Å². The van der Waals surface area contributed by atoms with Crippen LogP contribution in [0.15, 0.2) is 24.4 Å². The summed E-state index contributed by atoms with van der Waals surface area (Å²) in [5.41, 5.74) is 7.79. The lowest BCUT2D eigenvalue weighted by Gasteiger charge is -2.10. The summed E-state index contributed by atoms with van der Waals surface area (Å²) in [6, 6.07) is 3.19. The molecule has 2 nitrogen and oxygen atoms in total. The molecule has 0 saturated heterocycles. The Hall–Kier alpha value is -1.51. The summed E-state index contributed by atoms with van der Waals surface area (Å²) in [7, 11) is 0. The van der Waals surface area contributed by atoms with Crippen LogP contribution in [0.3, 0.4) is 0 Å². The number of nitrogens with one attached hydrogen (secondary N) is 1. The lowest BCUT2D eigenvalue weighted by molar-refractivity contribution is 0.632. The second-order valence-corrected chi connectivity index (χ2v) is 3.11. The molecule has 0 fully saturated rings. The molecule has 0 atom stereocenters. The van der Waals surface area contributed by atoms with Gasteiger partial charge in [-0.15, -0.1) is 0 Å². The van der Waals surface area contributed by atoms with Crippen molar-refractivity contribution in [2.45, 2.75) is 13.8 Å². The zero-order valence-corrected chi connectivity index (χ0v) is 7.82. The molecule has 0 aliphatic heterocycles. The normalized spacial score (nSPS) is 9.77. The fourth-order valence-electron chi connectivity index (χ4n) is 1.09. The van der Waals surface area contributed by atoms with Crippen LogP contribution in [0.25, 0.3) is 0 Å². The first-order valence-corrected chi connectivity index (χ1v) is 3.99. The van der Waals surface area contributed by atoms with Crippen LogP contribution in [-0.4, -0.2) is 0 Å². The summed E-state index contributed by atoms with van der Waals surface area (Å²) in [5.74, 6) is -0.399. The SMILES string of the molecule is C=C(C)Nc1cc(C)cc(F)c1N. The molecule has 0 saturated carbocycles. The van der Waals surface area contributed by atoms with Crippen LogP contribution in [0, 0.1) is 12.7 Å². The first-order chi connectivity index (χ1) is 6.00. The van der Waals surface area contributed by atoms with E-state index in [0.29, 0.717) is 5.69 Å². The zero-order chi connectivity index (χ0) is 10.0. The van der Waals surface area contributed by atoms with Crippen molar-refractivity contribution < 1.29 is 4.39 Å². The van der Waals surface area contributed by atoms with E-state index in [2.05, 4.69) is 11.9 Å². The molecular weight excluding hydrogens is 167 g/mol. The Morgan fingerprint density at radius 2 is 2.15 bits per heavy atom. The van der Waals surface area contributed by atoms with Gasteiger partial charge in [-0.1, -0.05) is 6.58 Å². The van der Waals surface area contributed by atoms with Crippen LogP contribution in [-0.2, 0) is 0 Å². The summed E-state index contributed by atoms with van der Waals surface area (Å²) in [5, 5.41) is 2.90. The number of benzene rings is 1. The van der Waals surface area contributed by atoms with Crippen molar-refractivity contribution >= 4 is 11.4 Å². The molecular formula is C10H13FN2. The molecule has 0 aromatic heterocycles. The Balaban J connectivity index is 3.12. The Morgan fingerprint density at radius 3 is 2.69 bits per heavy atom. The van der Waals surface area contributed by atoms with E-state index in [4.69, 9.17) is 5.73 Å². The van der Waals surface area contributed by atoms with E-state index in [0.717, 1.165) is 11.3 Å². The number of rotatable bonds is 2. The Bertz CT molecular complexity index is 345. The second kappa shape index (κ2) is 3.47. The van der Waals surface area contributed by atoms with E-state index >= 15 is 0 Å². The predicted molar refractivity (Wildman–Crippen MR) is 54.0 cm³/mol. The molecule has 0 amide bonds. The van der Waals surface area contributed by atoms with Gasteiger partial charge in [-0.25, -0.2) is 4.39 Å². The lowest BCUT2D eigenvalue weighted by atomic mass is 10.2. The van der Waals surface area contributed by atoms with Crippen LogP contribution in [0.2, 0.25) is 0 Å². The van der Waals surface area contributed by atoms with Gasteiger partial charge in [0.2, 0.25) is 0 Å². The fourth-order valence-corrected chi connectivity index (χ4v) is 1.09.